The molecule has 1 fully saturated rings. The van der Waals surface area contributed by atoms with E-state index in [-0.39, 0.29) is 0 Å². The van der Waals surface area contributed by atoms with Crippen LogP contribution < -0.4 is 0 Å². The monoisotopic (exact) mass is 224 g/mol. The summed E-state index contributed by atoms with van der Waals surface area (Å²) >= 11 is 0. The lowest BCUT2D eigenvalue weighted by Crippen LogP contribution is -2.32. The Labute approximate surface area is 93.5 Å². The first kappa shape index (κ1) is 11.2. The van der Waals surface area contributed by atoms with Crippen LogP contribution in [0.5, 0.6) is 0 Å². The maximum atomic E-state index is 13.3. The van der Waals surface area contributed by atoms with Gasteiger partial charge < -0.3 is 0 Å². The van der Waals surface area contributed by atoms with Crippen LogP contribution in [0.4, 0.5) is 8.78 Å². The molecule has 0 N–H and O–H groups in total. The van der Waals surface area contributed by atoms with E-state index < -0.39 is 11.8 Å². The summed E-state index contributed by atoms with van der Waals surface area (Å²) in [6, 6.07) is 6.72. The molecule has 0 radical (unpaired) electrons. The van der Waals surface area contributed by atoms with Crippen molar-refractivity contribution in [3.05, 3.63) is 35.4 Å². The number of aldehydes is 1. The molecule has 0 unspecified atom stereocenters. The van der Waals surface area contributed by atoms with E-state index in [1.807, 2.05) is 0 Å². The Balaban J connectivity index is 2.51. The molecule has 0 amide bonds. The van der Waals surface area contributed by atoms with Crippen molar-refractivity contribution in [1.29, 1.82) is 0 Å². The molecule has 0 aliphatic heterocycles. The van der Waals surface area contributed by atoms with Gasteiger partial charge in [0, 0.05) is 5.56 Å². The van der Waals surface area contributed by atoms with Gasteiger partial charge in [-0.1, -0.05) is 37.1 Å². The predicted octanol–water partition coefficient (Wildman–Crippen LogP) is 3.58. The lowest BCUT2D eigenvalue weighted by molar-refractivity contribution is 0.0517. The Morgan fingerprint density at radius 1 is 1.19 bits per heavy atom. The summed E-state index contributed by atoms with van der Waals surface area (Å²) in [5.74, 6) is 0. The zero-order valence-corrected chi connectivity index (χ0v) is 8.96. The molecule has 16 heavy (non-hydrogen) atoms. The van der Waals surface area contributed by atoms with Gasteiger partial charge in [0.05, 0.1) is 5.41 Å². The maximum absolute atomic E-state index is 13.3. The second-order valence-electron chi connectivity index (χ2n) is 4.37. The van der Waals surface area contributed by atoms with Gasteiger partial charge in [-0.25, -0.2) is 8.78 Å². The van der Waals surface area contributed by atoms with E-state index in [1.54, 1.807) is 24.3 Å². The number of hydrogen-bond acceptors (Lipinski definition) is 1. The first-order valence-electron chi connectivity index (χ1n) is 5.53. The highest BCUT2D eigenvalue weighted by Crippen LogP contribution is 2.46. The topological polar surface area (TPSA) is 17.1 Å². The highest BCUT2D eigenvalue weighted by atomic mass is 19.3. The van der Waals surface area contributed by atoms with Crippen LogP contribution in [0.15, 0.2) is 24.3 Å². The van der Waals surface area contributed by atoms with Gasteiger partial charge in [-0.05, 0) is 18.4 Å². The quantitative estimate of drug-likeness (QED) is 0.717. The molecule has 1 nitrogen and oxygen atoms in total. The molecule has 0 atom stereocenters. The minimum Gasteiger partial charge on any atom is -0.298 e. The Morgan fingerprint density at radius 3 is 2.38 bits per heavy atom. The van der Waals surface area contributed by atoms with Crippen LogP contribution in [0.25, 0.3) is 0 Å². The van der Waals surface area contributed by atoms with E-state index in [0.717, 1.165) is 12.8 Å². The van der Waals surface area contributed by atoms with Crippen LogP contribution in [0.1, 0.15) is 41.6 Å². The molecule has 3 heteroatoms. The van der Waals surface area contributed by atoms with Gasteiger partial charge in [0.15, 0.2) is 0 Å². The van der Waals surface area contributed by atoms with Crippen molar-refractivity contribution in [3.63, 3.8) is 0 Å². The molecule has 0 heterocycles. The second-order valence-corrected chi connectivity index (χ2v) is 4.37. The lowest BCUT2D eigenvalue weighted by Gasteiger charge is -2.29. The lowest BCUT2D eigenvalue weighted by atomic mass is 9.77. The summed E-state index contributed by atoms with van der Waals surface area (Å²) in [5, 5.41) is 0. The summed E-state index contributed by atoms with van der Waals surface area (Å²) in [6.07, 6.45) is 0.883. The van der Waals surface area contributed by atoms with Crippen LogP contribution in [-0.4, -0.2) is 12.7 Å². The summed E-state index contributed by atoms with van der Waals surface area (Å²) in [6.45, 7) is 0. The van der Waals surface area contributed by atoms with Crippen LogP contribution in [-0.2, 0) is 5.41 Å². The molecular formula is C13H14F2O. The van der Waals surface area contributed by atoms with Crippen LogP contribution in [0, 0.1) is 0 Å². The third-order valence-corrected chi connectivity index (χ3v) is 3.54. The van der Waals surface area contributed by atoms with E-state index in [0.29, 0.717) is 30.3 Å². The van der Waals surface area contributed by atoms with Crippen molar-refractivity contribution in [3.8, 4) is 0 Å². The predicted molar refractivity (Wildman–Crippen MR) is 58.0 cm³/mol. The molecule has 0 aromatic heterocycles. The highest BCUT2D eigenvalue weighted by molar-refractivity contribution is 5.78. The highest BCUT2D eigenvalue weighted by Gasteiger charge is 2.44. The SMILES string of the molecule is O=Cc1ccccc1C1(C(F)F)CCCC1. The fourth-order valence-corrected chi connectivity index (χ4v) is 2.66. The summed E-state index contributed by atoms with van der Waals surface area (Å²) in [7, 11) is 0. The largest absolute Gasteiger partial charge is 0.298 e. The smallest absolute Gasteiger partial charge is 0.248 e. The molecule has 1 aromatic rings. The third-order valence-electron chi connectivity index (χ3n) is 3.54. The Morgan fingerprint density at radius 2 is 1.81 bits per heavy atom. The first-order valence-corrected chi connectivity index (χ1v) is 5.53. The first-order chi connectivity index (χ1) is 7.70. The van der Waals surface area contributed by atoms with Gasteiger partial charge in [0.1, 0.15) is 6.29 Å². The zero-order chi connectivity index (χ0) is 11.6. The Kier molecular flexibility index (Phi) is 3.03. The van der Waals surface area contributed by atoms with Gasteiger partial charge in [0.2, 0.25) is 6.43 Å². The van der Waals surface area contributed by atoms with Crippen molar-refractivity contribution in [1.82, 2.24) is 0 Å². The number of alkyl halides is 2. The molecule has 0 spiro atoms. The van der Waals surface area contributed by atoms with Crippen molar-refractivity contribution < 1.29 is 13.6 Å². The van der Waals surface area contributed by atoms with Crippen molar-refractivity contribution in [2.45, 2.75) is 37.5 Å². The fraction of sp³-hybridized carbons (Fsp3) is 0.462. The number of hydrogen-bond donors (Lipinski definition) is 0. The van der Waals surface area contributed by atoms with Gasteiger partial charge >= 0.3 is 0 Å². The van der Waals surface area contributed by atoms with Crippen molar-refractivity contribution >= 4 is 6.29 Å². The minimum atomic E-state index is -2.39. The van der Waals surface area contributed by atoms with E-state index in [1.165, 1.54) is 0 Å². The molecule has 2 rings (SSSR count). The number of carbonyl (C=O) groups excluding carboxylic acids is 1. The van der Waals surface area contributed by atoms with E-state index in [9.17, 15) is 13.6 Å². The number of carbonyl (C=O) groups is 1. The second kappa shape index (κ2) is 4.32. The average Bonchev–Trinajstić information content (AvgIpc) is 2.79. The van der Waals surface area contributed by atoms with E-state index >= 15 is 0 Å². The molecule has 0 saturated heterocycles. The standard InChI is InChI=1S/C13H14F2O/c14-12(15)13(7-3-4-8-13)11-6-2-1-5-10(11)9-16/h1-2,5-6,9,12H,3-4,7-8H2. The number of halogens is 2. The Hall–Kier alpha value is -1.25. The molecular weight excluding hydrogens is 210 g/mol. The van der Waals surface area contributed by atoms with E-state index in [4.69, 9.17) is 0 Å². The van der Waals surface area contributed by atoms with Crippen molar-refractivity contribution in [2.75, 3.05) is 0 Å². The third kappa shape index (κ3) is 1.64. The maximum Gasteiger partial charge on any atom is 0.248 e. The minimum absolute atomic E-state index is 0.407. The van der Waals surface area contributed by atoms with Gasteiger partial charge in [-0.3, -0.25) is 4.79 Å². The zero-order valence-electron chi connectivity index (χ0n) is 8.96. The molecule has 1 aliphatic rings. The fourth-order valence-electron chi connectivity index (χ4n) is 2.66. The normalized spacial score (nSPS) is 18.9. The van der Waals surface area contributed by atoms with Crippen molar-refractivity contribution in [2.24, 2.45) is 0 Å². The van der Waals surface area contributed by atoms with E-state index in [2.05, 4.69) is 0 Å². The molecule has 1 aromatic carbocycles. The van der Waals surface area contributed by atoms with Crippen LogP contribution in [0.3, 0.4) is 0 Å². The number of rotatable bonds is 3. The summed E-state index contributed by atoms with van der Waals surface area (Å²) < 4.78 is 26.6. The molecule has 1 aliphatic carbocycles. The average molecular weight is 224 g/mol. The summed E-state index contributed by atoms with van der Waals surface area (Å²) in [4.78, 5) is 10.9. The Bertz CT molecular complexity index is 381. The van der Waals surface area contributed by atoms with Crippen LogP contribution in [0.2, 0.25) is 0 Å². The van der Waals surface area contributed by atoms with Gasteiger partial charge in [0.25, 0.3) is 0 Å². The van der Waals surface area contributed by atoms with Gasteiger partial charge in [-0.15, -0.1) is 0 Å². The number of benzene rings is 1. The molecule has 1 saturated carbocycles. The molecule has 0 bridgehead atoms. The molecule has 86 valence electrons. The summed E-state index contributed by atoms with van der Waals surface area (Å²) in [5.41, 5.74) is -0.153. The van der Waals surface area contributed by atoms with Crippen LogP contribution >= 0.6 is 0 Å². The van der Waals surface area contributed by atoms with Gasteiger partial charge in [-0.2, -0.15) is 0 Å².